The van der Waals surface area contributed by atoms with Crippen molar-refractivity contribution in [2.75, 3.05) is 0 Å². The van der Waals surface area contributed by atoms with E-state index < -0.39 is 11.6 Å². The Balaban J connectivity index is 1.28. The highest BCUT2D eigenvalue weighted by molar-refractivity contribution is 5.64. The van der Waals surface area contributed by atoms with E-state index in [4.69, 9.17) is 0 Å². The lowest BCUT2D eigenvalue weighted by Crippen LogP contribution is -2.13. The van der Waals surface area contributed by atoms with Crippen LogP contribution < -0.4 is 0 Å². The van der Waals surface area contributed by atoms with Crippen molar-refractivity contribution in [2.24, 2.45) is 5.92 Å². The number of unbranched alkanes of at least 4 members (excludes halogenated alkanes) is 5. The topological polar surface area (TPSA) is 25.8 Å². The van der Waals surface area contributed by atoms with Crippen LogP contribution in [0.25, 0.3) is 22.5 Å². The molecule has 34 heavy (non-hydrogen) atoms. The Kier molecular flexibility index (Phi) is 8.79. The molecule has 2 aromatic carbocycles. The van der Waals surface area contributed by atoms with Crippen molar-refractivity contribution >= 4 is 0 Å². The zero-order valence-corrected chi connectivity index (χ0v) is 20.3. The minimum atomic E-state index is -0.891. The third-order valence-corrected chi connectivity index (χ3v) is 7.36. The van der Waals surface area contributed by atoms with Crippen LogP contribution in [-0.2, 0) is 0 Å². The molecule has 0 N–H and O–H groups in total. The number of halogens is 2. The number of benzene rings is 2. The largest absolute Gasteiger partial charge is 0.236 e. The van der Waals surface area contributed by atoms with Crippen LogP contribution in [0.3, 0.4) is 0 Å². The fourth-order valence-corrected chi connectivity index (χ4v) is 5.21. The molecule has 0 amide bonds. The van der Waals surface area contributed by atoms with Crippen molar-refractivity contribution in [3.8, 4) is 22.5 Å². The second-order valence-electron chi connectivity index (χ2n) is 9.82. The molecule has 0 radical (unpaired) electrons. The van der Waals surface area contributed by atoms with E-state index in [-0.39, 0.29) is 0 Å². The second-order valence-corrected chi connectivity index (χ2v) is 9.82. The first-order chi connectivity index (χ1) is 16.6. The van der Waals surface area contributed by atoms with Crippen molar-refractivity contribution in [1.29, 1.82) is 0 Å². The summed E-state index contributed by atoms with van der Waals surface area (Å²) in [6.45, 7) is 2.28. The maximum Gasteiger partial charge on any atom is 0.159 e. The summed E-state index contributed by atoms with van der Waals surface area (Å²) < 4.78 is 26.7. The third-order valence-electron chi connectivity index (χ3n) is 7.36. The van der Waals surface area contributed by atoms with Gasteiger partial charge in [0.2, 0.25) is 0 Å². The van der Waals surface area contributed by atoms with Crippen LogP contribution in [0.15, 0.2) is 54.9 Å². The van der Waals surface area contributed by atoms with Crippen LogP contribution >= 0.6 is 0 Å². The molecule has 1 aliphatic carbocycles. The summed E-state index contributed by atoms with van der Waals surface area (Å²) in [5.41, 5.74) is 3.88. The molecule has 0 atom stereocenters. The normalized spacial score (nSPS) is 18.2. The van der Waals surface area contributed by atoms with E-state index in [1.165, 1.54) is 82.3 Å². The van der Waals surface area contributed by atoms with Gasteiger partial charge in [-0.3, -0.25) is 0 Å². The monoisotopic (exact) mass is 462 g/mol. The first kappa shape index (κ1) is 24.5. The standard InChI is InChI=1S/C30H36F2N2/c1-2-3-4-5-6-7-8-22-9-11-23(12-10-22)24-13-15-25(16-14-24)27-20-33-30(34-21-27)26-17-18-28(31)29(32)19-26/h13-23H,2-12H2,1H3. The highest BCUT2D eigenvalue weighted by atomic mass is 19.2. The molecule has 180 valence electrons. The van der Waals surface area contributed by atoms with Gasteiger partial charge in [0, 0.05) is 23.5 Å². The van der Waals surface area contributed by atoms with Crippen molar-refractivity contribution in [3.05, 3.63) is 72.1 Å². The zero-order valence-electron chi connectivity index (χ0n) is 20.3. The summed E-state index contributed by atoms with van der Waals surface area (Å²) >= 11 is 0. The molecule has 0 bridgehead atoms. The minimum absolute atomic E-state index is 0.386. The van der Waals surface area contributed by atoms with Gasteiger partial charge in [-0.15, -0.1) is 0 Å². The van der Waals surface area contributed by atoms with Crippen LogP contribution in [-0.4, -0.2) is 9.97 Å². The second kappa shape index (κ2) is 12.2. The molecule has 2 nitrogen and oxygen atoms in total. The third kappa shape index (κ3) is 6.49. The SMILES string of the molecule is CCCCCCCCC1CCC(c2ccc(-c3cnc(-c4ccc(F)c(F)c4)nc3)cc2)CC1. The van der Waals surface area contributed by atoms with E-state index >= 15 is 0 Å². The minimum Gasteiger partial charge on any atom is -0.236 e. The number of hydrogen-bond donors (Lipinski definition) is 0. The Hall–Kier alpha value is -2.62. The van der Waals surface area contributed by atoms with E-state index in [1.54, 1.807) is 12.4 Å². The van der Waals surface area contributed by atoms with Crippen molar-refractivity contribution in [3.63, 3.8) is 0 Å². The molecular formula is C30H36F2N2. The van der Waals surface area contributed by atoms with E-state index in [2.05, 4.69) is 41.2 Å². The lowest BCUT2D eigenvalue weighted by Gasteiger charge is -2.29. The fourth-order valence-electron chi connectivity index (χ4n) is 5.21. The summed E-state index contributed by atoms with van der Waals surface area (Å²) in [6, 6.07) is 12.5. The summed E-state index contributed by atoms with van der Waals surface area (Å²) in [5.74, 6) is 0.217. The van der Waals surface area contributed by atoms with Crippen LogP contribution in [0.2, 0.25) is 0 Å². The van der Waals surface area contributed by atoms with Gasteiger partial charge >= 0.3 is 0 Å². The number of aromatic nitrogens is 2. The van der Waals surface area contributed by atoms with Crippen LogP contribution in [0, 0.1) is 17.6 Å². The van der Waals surface area contributed by atoms with Gasteiger partial charge in [-0.1, -0.05) is 76.1 Å². The maximum absolute atomic E-state index is 13.5. The molecule has 0 saturated heterocycles. The lowest BCUT2D eigenvalue weighted by molar-refractivity contribution is 0.302. The molecule has 1 fully saturated rings. The molecule has 0 aliphatic heterocycles. The van der Waals surface area contributed by atoms with E-state index in [9.17, 15) is 8.78 Å². The molecule has 4 rings (SSSR count). The molecule has 0 unspecified atom stereocenters. The predicted octanol–water partition coefficient (Wildman–Crippen LogP) is 9.11. The van der Waals surface area contributed by atoms with Crippen molar-refractivity contribution in [2.45, 2.75) is 83.5 Å². The van der Waals surface area contributed by atoms with Crippen molar-refractivity contribution < 1.29 is 8.78 Å². The molecule has 1 aliphatic rings. The highest BCUT2D eigenvalue weighted by Gasteiger charge is 2.22. The molecule has 0 spiro atoms. The average Bonchev–Trinajstić information content (AvgIpc) is 2.88. The van der Waals surface area contributed by atoms with Gasteiger partial charge < -0.3 is 0 Å². The van der Waals surface area contributed by atoms with E-state index in [0.29, 0.717) is 17.3 Å². The number of rotatable bonds is 10. The highest BCUT2D eigenvalue weighted by Crippen LogP contribution is 2.38. The Bertz CT molecular complexity index is 1020. The Morgan fingerprint density at radius 1 is 0.706 bits per heavy atom. The summed E-state index contributed by atoms with van der Waals surface area (Å²) in [6.07, 6.45) is 18.6. The van der Waals surface area contributed by atoms with E-state index in [1.807, 2.05) is 0 Å². The Morgan fingerprint density at radius 3 is 2.03 bits per heavy atom. The molecule has 1 aromatic heterocycles. The molecule has 4 heteroatoms. The summed E-state index contributed by atoms with van der Waals surface area (Å²) in [4.78, 5) is 8.72. The van der Waals surface area contributed by atoms with Gasteiger partial charge in [-0.25, -0.2) is 18.7 Å². The quantitative estimate of drug-likeness (QED) is 0.281. The smallest absolute Gasteiger partial charge is 0.159 e. The zero-order chi connectivity index (χ0) is 23.8. The number of hydrogen-bond acceptors (Lipinski definition) is 2. The maximum atomic E-state index is 13.5. The Morgan fingerprint density at radius 2 is 1.35 bits per heavy atom. The summed E-state index contributed by atoms with van der Waals surface area (Å²) in [7, 11) is 0. The molecule has 1 heterocycles. The first-order valence-electron chi connectivity index (χ1n) is 13.0. The van der Waals surface area contributed by atoms with Crippen LogP contribution in [0.1, 0.15) is 89.0 Å². The molecule has 1 saturated carbocycles. The van der Waals surface area contributed by atoms with Crippen molar-refractivity contribution in [1.82, 2.24) is 9.97 Å². The van der Waals surface area contributed by atoms with Crippen LogP contribution in [0.4, 0.5) is 8.78 Å². The molecule has 3 aromatic rings. The predicted molar refractivity (Wildman–Crippen MR) is 136 cm³/mol. The van der Waals surface area contributed by atoms with Gasteiger partial charge in [-0.2, -0.15) is 0 Å². The van der Waals surface area contributed by atoms with Gasteiger partial charge in [-0.05, 0) is 66.8 Å². The van der Waals surface area contributed by atoms with Gasteiger partial charge in [0.15, 0.2) is 17.5 Å². The first-order valence-corrected chi connectivity index (χ1v) is 13.0. The number of nitrogens with zero attached hydrogens (tertiary/aromatic N) is 2. The van der Waals surface area contributed by atoms with E-state index in [0.717, 1.165) is 29.2 Å². The molecular weight excluding hydrogens is 426 g/mol. The van der Waals surface area contributed by atoms with Gasteiger partial charge in [0.25, 0.3) is 0 Å². The summed E-state index contributed by atoms with van der Waals surface area (Å²) in [5, 5.41) is 0. The average molecular weight is 463 g/mol. The lowest BCUT2D eigenvalue weighted by atomic mass is 9.77. The van der Waals surface area contributed by atoms with Gasteiger partial charge in [0.1, 0.15) is 0 Å². The van der Waals surface area contributed by atoms with Crippen LogP contribution in [0.5, 0.6) is 0 Å². The fraction of sp³-hybridized carbons (Fsp3) is 0.467. The van der Waals surface area contributed by atoms with Gasteiger partial charge in [0.05, 0.1) is 0 Å². The Labute approximate surface area is 202 Å².